The first-order chi connectivity index (χ1) is 10.2. The lowest BCUT2D eigenvalue weighted by atomic mass is 10.2. The summed E-state index contributed by atoms with van der Waals surface area (Å²) < 4.78 is 5.71. The molecule has 0 aliphatic heterocycles. The highest BCUT2D eigenvalue weighted by atomic mass is 16.4. The third-order valence-electron chi connectivity index (χ3n) is 3.17. The zero-order chi connectivity index (χ0) is 15.1. The first-order valence-corrected chi connectivity index (χ1v) is 7.21. The number of nitrogens with one attached hydrogen (secondary N) is 1. The average Bonchev–Trinajstić information content (AvgIpc) is 2.98. The molecular weight excluding hydrogens is 268 g/mol. The van der Waals surface area contributed by atoms with Gasteiger partial charge in [-0.25, -0.2) is 0 Å². The molecule has 0 spiro atoms. The van der Waals surface area contributed by atoms with Crippen LogP contribution in [-0.4, -0.2) is 35.0 Å². The molecule has 6 heteroatoms. The van der Waals surface area contributed by atoms with Crippen molar-refractivity contribution in [3.63, 3.8) is 0 Å². The second kappa shape index (κ2) is 7.75. The molecule has 0 radical (unpaired) electrons. The van der Waals surface area contributed by atoms with Gasteiger partial charge in [0.15, 0.2) is 0 Å². The summed E-state index contributed by atoms with van der Waals surface area (Å²) in [5.41, 5.74) is 1.13. The third-order valence-corrected chi connectivity index (χ3v) is 3.17. The van der Waals surface area contributed by atoms with Gasteiger partial charge in [-0.3, -0.25) is 0 Å². The number of hydrogen-bond acceptors (Lipinski definition) is 6. The fourth-order valence-electron chi connectivity index (χ4n) is 2.09. The van der Waals surface area contributed by atoms with E-state index in [1.807, 2.05) is 49.1 Å². The average molecular weight is 290 g/mol. The molecule has 114 valence electrons. The summed E-state index contributed by atoms with van der Waals surface area (Å²) in [6.45, 7) is 5.96. The van der Waals surface area contributed by atoms with Crippen molar-refractivity contribution in [2.75, 3.05) is 24.6 Å². The van der Waals surface area contributed by atoms with E-state index in [0.717, 1.165) is 12.1 Å². The van der Waals surface area contributed by atoms with Crippen molar-refractivity contribution in [1.82, 2.24) is 15.5 Å². The van der Waals surface area contributed by atoms with Crippen LogP contribution >= 0.6 is 0 Å². The summed E-state index contributed by atoms with van der Waals surface area (Å²) in [6.07, 6.45) is 0. The van der Waals surface area contributed by atoms with Crippen LogP contribution in [0.15, 0.2) is 34.7 Å². The molecule has 1 heterocycles. The van der Waals surface area contributed by atoms with Crippen molar-refractivity contribution < 1.29 is 9.52 Å². The molecule has 1 aromatic carbocycles. The first kappa shape index (κ1) is 15.5. The fourth-order valence-corrected chi connectivity index (χ4v) is 2.09. The van der Waals surface area contributed by atoms with Crippen molar-refractivity contribution in [1.29, 1.82) is 0 Å². The van der Waals surface area contributed by atoms with E-state index in [-0.39, 0.29) is 12.6 Å². The molecule has 2 aromatic rings. The minimum absolute atomic E-state index is 0.0175. The monoisotopic (exact) mass is 290 g/mol. The number of aliphatic hydroxyl groups is 1. The summed E-state index contributed by atoms with van der Waals surface area (Å²) in [6, 6.07) is 10.5. The summed E-state index contributed by atoms with van der Waals surface area (Å²) >= 11 is 0. The quantitative estimate of drug-likeness (QED) is 0.771. The van der Waals surface area contributed by atoms with Gasteiger partial charge in [0.25, 0.3) is 0 Å². The van der Waals surface area contributed by atoms with Gasteiger partial charge in [-0.15, -0.1) is 5.10 Å². The molecule has 0 fully saturated rings. The number of aliphatic hydroxyl groups excluding tert-OH is 1. The zero-order valence-electron chi connectivity index (χ0n) is 12.5. The Morgan fingerprint density at radius 2 is 2.05 bits per heavy atom. The maximum absolute atomic E-state index is 9.23. The van der Waals surface area contributed by atoms with E-state index in [1.54, 1.807) is 0 Å². The minimum atomic E-state index is 0.0175. The van der Waals surface area contributed by atoms with Crippen molar-refractivity contribution in [3.8, 4) is 0 Å². The molecule has 0 bridgehead atoms. The SMILES string of the molecule is CCNC(C)c1nnc(N(CCO)Cc2ccccc2)o1. The van der Waals surface area contributed by atoms with Gasteiger partial charge < -0.3 is 19.7 Å². The highest BCUT2D eigenvalue weighted by Gasteiger charge is 2.17. The van der Waals surface area contributed by atoms with E-state index in [1.165, 1.54) is 0 Å². The van der Waals surface area contributed by atoms with Gasteiger partial charge >= 0.3 is 6.01 Å². The Kier molecular flexibility index (Phi) is 5.71. The largest absolute Gasteiger partial charge is 0.406 e. The lowest BCUT2D eigenvalue weighted by molar-refractivity contribution is 0.297. The first-order valence-electron chi connectivity index (χ1n) is 7.21. The molecule has 21 heavy (non-hydrogen) atoms. The number of rotatable bonds is 8. The number of aromatic nitrogens is 2. The van der Waals surface area contributed by atoms with Gasteiger partial charge in [0, 0.05) is 13.1 Å². The van der Waals surface area contributed by atoms with E-state index >= 15 is 0 Å². The van der Waals surface area contributed by atoms with E-state index in [2.05, 4.69) is 15.5 Å². The number of benzene rings is 1. The molecule has 0 amide bonds. The Hall–Kier alpha value is -1.92. The van der Waals surface area contributed by atoms with E-state index in [9.17, 15) is 5.11 Å². The van der Waals surface area contributed by atoms with Crippen LogP contribution in [0.2, 0.25) is 0 Å². The van der Waals surface area contributed by atoms with Crippen molar-refractivity contribution in [2.24, 2.45) is 0 Å². The van der Waals surface area contributed by atoms with Crippen LogP contribution in [0.25, 0.3) is 0 Å². The zero-order valence-corrected chi connectivity index (χ0v) is 12.5. The summed E-state index contributed by atoms with van der Waals surface area (Å²) in [4.78, 5) is 1.88. The van der Waals surface area contributed by atoms with Crippen molar-refractivity contribution in [3.05, 3.63) is 41.8 Å². The molecule has 2 N–H and O–H groups in total. The van der Waals surface area contributed by atoms with E-state index in [4.69, 9.17) is 4.42 Å². The van der Waals surface area contributed by atoms with Crippen molar-refractivity contribution >= 4 is 6.01 Å². The van der Waals surface area contributed by atoms with Gasteiger partial charge in [0.1, 0.15) is 0 Å². The predicted octanol–water partition coefficient (Wildman–Crippen LogP) is 1.74. The maximum atomic E-state index is 9.23. The highest BCUT2D eigenvalue weighted by molar-refractivity contribution is 5.28. The molecule has 0 saturated carbocycles. The van der Waals surface area contributed by atoms with Gasteiger partial charge in [0.05, 0.1) is 12.6 Å². The van der Waals surface area contributed by atoms with Crippen molar-refractivity contribution in [2.45, 2.75) is 26.4 Å². The second-order valence-electron chi connectivity index (χ2n) is 4.83. The smallest absolute Gasteiger partial charge is 0.318 e. The summed E-state index contributed by atoms with van der Waals surface area (Å²) in [5, 5.41) is 20.6. The van der Waals surface area contributed by atoms with Crippen LogP contribution in [0.3, 0.4) is 0 Å². The van der Waals surface area contributed by atoms with Crippen LogP contribution in [0.5, 0.6) is 0 Å². The Morgan fingerprint density at radius 1 is 1.29 bits per heavy atom. The number of anilines is 1. The third kappa shape index (κ3) is 4.27. The van der Waals surface area contributed by atoms with Gasteiger partial charge in [-0.2, -0.15) is 0 Å². The molecule has 6 nitrogen and oxygen atoms in total. The predicted molar refractivity (Wildman–Crippen MR) is 81.0 cm³/mol. The molecule has 1 aromatic heterocycles. The van der Waals surface area contributed by atoms with Gasteiger partial charge in [-0.05, 0) is 19.0 Å². The van der Waals surface area contributed by atoms with E-state index in [0.29, 0.717) is 25.0 Å². The molecule has 0 aliphatic rings. The minimum Gasteiger partial charge on any atom is -0.406 e. The molecule has 0 saturated heterocycles. The van der Waals surface area contributed by atoms with E-state index < -0.39 is 0 Å². The Labute approximate surface area is 124 Å². The van der Waals surface area contributed by atoms with Gasteiger partial charge in [0.2, 0.25) is 5.89 Å². The molecule has 1 atom stereocenters. The topological polar surface area (TPSA) is 74.4 Å². The van der Waals surface area contributed by atoms with Crippen LogP contribution in [0, 0.1) is 0 Å². The van der Waals surface area contributed by atoms with Crippen LogP contribution in [0.4, 0.5) is 6.01 Å². The Balaban J connectivity index is 2.11. The maximum Gasteiger partial charge on any atom is 0.318 e. The molecular formula is C15H22N4O2. The number of nitrogens with zero attached hydrogens (tertiary/aromatic N) is 3. The molecule has 2 rings (SSSR count). The van der Waals surface area contributed by atoms with Crippen LogP contribution in [0.1, 0.15) is 31.3 Å². The lowest BCUT2D eigenvalue weighted by Crippen LogP contribution is -2.26. The normalized spacial score (nSPS) is 12.3. The van der Waals surface area contributed by atoms with Gasteiger partial charge in [-0.1, -0.05) is 42.4 Å². The molecule has 1 unspecified atom stereocenters. The second-order valence-corrected chi connectivity index (χ2v) is 4.83. The van der Waals surface area contributed by atoms with Crippen LogP contribution in [-0.2, 0) is 6.54 Å². The Morgan fingerprint density at radius 3 is 2.71 bits per heavy atom. The highest BCUT2D eigenvalue weighted by Crippen LogP contribution is 2.19. The van der Waals surface area contributed by atoms with Crippen LogP contribution < -0.4 is 10.2 Å². The summed E-state index contributed by atoms with van der Waals surface area (Å²) in [5.74, 6) is 0.558. The Bertz CT molecular complexity index is 529. The molecule has 0 aliphatic carbocycles. The number of hydrogen-bond donors (Lipinski definition) is 2. The lowest BCUT2D eigenvalue weighted by Gasteiger charge is -2.19. The summed E-state index contributed by atoms with van der Waals surface area (Å²) in [7, 11) is 0. The standard InChI is InChI=1S/C15H22N4O2/c1-3-16-12(2)14-17-18-15(21-14)19(9-10-20)11-13-7-5-4-6-8-13/h4-8,12,16,20H,3,9-11H2,1-2H3. The fraction of sp³-hybridized carbons (Fsp3) is 0.467.